The lowest BCUT2D eigenvalue weighted by molar-refractivity contribution is 0.0574. The molecule has 1 saturated carbocycles. The maximum absolute atomic E-state index is 5.91. The molecule has 0 radical (unpaired) electrons. The van der Waals surface area contributed by atoms with Crippen molar-refractivity contribution in [3.05, 3.63) is 35.4 Å². The number of hydrogen-bond acceptors (Lipinski definition) is 3. The molecule has 2 fully saturated rings. The number of nitrogens with zero attached hydrogens (tertiary/aromatic N) is 2. The lowest BCUT2D eigenvalue weighted by Gasteiger charge is -2.26. The van der Waals surface area contributed by atoms with E-state index in [0.717, 1.165) is 38.6 Å². The molecule has 3 rings (SSSR count). The van der Waals surface area contributed by atoms with Crippen LogP contribution in [0.2, 0.25) is 0 Å². The molecule has 1 heterocycles. The van der Waals surface area contributed by atoms with Crippen LogP contribution in [0.15, 0.2) is 29.3 Å². The molecule has 1 aromatic carbocycles. The molecule has 1 aliphatic carbocycles. The van der Waals surface area contributed by atoms with Gasteiger partial charge in [0.15, 0.2) is 5.96 Å². The maximum Gasteiger partial charge on any atom is 0.191 e. The fourth-order valence-corrected chi connectivity index (χ4v) is 4.13. The molecule has 0 amide bonds. The molecule has 1 aromatic rings. The minimum Gasteiger partial charge on any atom is -0.378 e. The van der Waals surface area contributed by atoms with E-state index in [2.05, 4.69) is 44.8 Å². The van der Waals surface area contributed by atoms with Crippen LogP contribution in [0.3, 0.4) is 0 Å². The summed E-state index contributed by atoms with van der Waals surface area (Å²) >= 11 is 0. The van der Waals surface area contributed by atoms with Crippen molar-refractivity contribution >= 4 is 5.96 Å². The SMILES string of the molecule is CN=C(NCCCOC1CCCC1)NCc1ccc(CN2CCCCC2)cc1. The van der Waals surface area contributed by atoms with Crippen molar-refractivity contribution in [3.63, 3.8) is 0 Å². The zero-order chi connectivity index (χ0) is 19.4. The van der Waals surface area contributed by atoms with Crippen molar-refractivity contribution in [1.82, 2.24) is 15.5 Å². The van der Waals surface area contributed by atoms with Crippen LogP contribution in [0.4, 0.5) is 0 Å². The lowest BCUT2D eigenvalue weighted by atomic mass is 10.1. The van der Waals surface area contributed by atoms with Crippen LogP contribution in [0, 0.1) is 0 Å². The Labute approximate surface area is 170 Å². The summed E-state index contributed by atoms with van der Waals surface area (Å²) in [6.45, 7) is 6.10. The van der Waals surface area contributed by atoms with Crippen LogP contribution >= 0.6 is 0 Å². The van der Waals surface area contributed by atoms with Crippen LogP contribution in [0.1, 0.15) is 62.5 Å². The summed E-state index contributed by atoms with van der Waals surface area (Å²) in [6.07, 6.45) is 10.8. The molecule has 5 nitrogen and oxygen atoms in total. The van der Waals surface area contributed by atoms with Crippen molar-refractivity contribution in [2.24, 2.45) is 4.99 Å². The zero-order valence-corrected chi connectivity index (χ0v) is 17.6. The molecule has 0 unspecified atom stereocenters. The number of ether oxygens (including phenoxy) is 1. The van der Waals surface area contributed by atoms with Crippen LogP contribution in [-0.2, 0) is 17.8 Å². The van der Waals surface area contributed by atoms with Crippen LogP contribution in [0.5, 0.6) is 0 Å². The Morgan fingerprint density at radius 1 is 1.00 bits per heavy atom. The smallest absolute Gasteiger partial charge is 0.191 e. The van der Waals surface area contributed by atoms with E-state index in [4.69, 9.17) is 4.74 Å². The van der Waals surface area contributed by atoms with E-state index in [0.29, 0.717) is 6.10 Å². The Hall–Kier alpha value is -1.59. The molecule has 1 aliphatic heterocycles. The summed E-state index contributed by atoms with van der Waals surface area (Å²) in [7, 11) is 1.83. The van der Waals surface area contributed by atoms with E-state index in [9.17, 15) is 0 Å². The fraction of sp³-hybridized carbons (Fsp3) is 0.696. The topological polar surface area (TPSA) is 48.9 Å². The van der Waals surface area contributed by atoms with Gasteiger partial charge in [0.2, 0.25) is 0 Å². The van der Waals surface area contributed by atoms with Gasteiger partial charge in [-0.1, -0.05) is 43.5 Å². The molecule has 28 heavy (non-hydrogen) atoms. The maximum atomic E-state index is 5.91. The highest BCUT2D eigenvalue weighted by Gasteiger charge is 2.14. The Balaban J connectivity index is 1.30. The average molecular weight is 387 g/mol. The van der Waals surface area contributed by atoms with E-state index < -0.39 is 0 Å². The number of likely N-dealkylation sites (tertiary alicyclic amines) is 1. The Bertz CT molecular complexity index is 575. The molecule has 0 spiro atoms. The van der Waals surface area contributed by atoms with Gasteiger partial charge < -0.3 is 15.4 Å². The number of guanidine groups is 1. The number of hydrogen-bond donors (Lipinski definition) is 2. The Morgan fingerprint density at radius 3 is 2.43 bits per heavy atom. The zero-order valence-electron chi connectivity index (χ0n) is 17.6. The van der Waals surface area contributed by atoms with Crippen molar-refractivity contribution in [3.8, 4) is 0 Å². The fourth-order valence-electron chi connectivity index (χ4n) is 4.13. The van der Waals surface area contributed by atoms with Gasteiger partial charge in [-0.05, 0) is 56.3 Å². The normalized spacial score (nSPS) is 19.1. The predicted molar refractivity (Wildman–Crippen MR) is 117 cm³/mol. The first-order valence-electron chi connectivity index (χ1n) is 11.2. The van der Waals surface area contributed by atoms with E-state index in [-0.39, 0.29) is 0 Å². The first kappa shape index (κ1) is 21.1. The van der Waals surface area contributed by atoms with Gasteiger partial charge in [0, 0.05) is 33.3 Å². The minimum atomic E-state index is 0.510. The summed E-state index contributed by atoms with van der Waals surface area (Å²) < 4.78 is 5.91. The molecule has 156 valence electrons. The van der Waals surface area contributed by atoms with Gasteiger partial charge in [-0.25, -0.2) is 0 Å². The lowest BCUT2D eigenvalue weighted by Crippen LogP contribution is -2.37. The molecule has 2 aliphatic rings. The van der Waals surface area contributed by atoms with E-state index in [1.165, 1.54) is 69.2 Å². The third-order valence-corrected chi connectivity index (χ3v) is 5.83. The van der Waals surface area contributed by atoms with Crippen molar-refractivity contribution < 1.29 is 4.74 Å². The Morgan fingerprint density at radius 2 is 1.71 bits per heavy atom. The standard InChI is InChI=1S/C23H38N4O/c1-24-23(25-14-7-17-28-22-8-3-4-9-22)26-18-20-10-12-21(13-11-20)19-27-15-5-2-6-16-27/h10-13,22H,2-9,14-19H2,1H3,(H2,24,25,26). The second-order valence-electron chi connectivity index (χ2n) is 8.14. The van der Waals surface area contributed by atoms with Crippen molar-refractivity contribution in [1.29, 1.82) is 0 Å². The summed E-state index contributed by atoms with van der Waals surface area (Å²) in [5.74, 6) is 0.859. The Kier molecular flexibility index (Phi) is 9.11. The van der Waals surface area contributed by atoms with Crippen molar-refractivity contribution in [2.75, 3.05) is 33.3 Å². The van der Waals surface area contributed by atoms with Crippen LogP contribution in [0.25, 0.3) is 0 Å². The molecule has 5 heteroatoms. The monoisotopic (exact) mass is 386 g/mol. The molecule has 0 atom stereocenters. The van der Waals surface area contributed by atoms with E-state index in [1.54, 1.807) is 0 Å². The van der Waals surface area contributed by atoms with Gasteiger partial charge in [0.05, 0.1) is 6.10 Å². The minimum absolute atomic E-state index is 0.510. The first-order valence-corrected chi connectivity index (χ1v) is 11.2. The van der Waals surface area contributed by atoms with E-state index >= 15 is 0 Å². The number of rotatable bonds is 9. The van der Waals surface area contributed by atoms with Crippen LogP contribution in [-0.4, -0.2) is 50.3 Å². The van der Waals surface area contributed by atoms with Gasteiger partial charge in [0.25, 0.3) is 0 Å². The third-order valence-electron chi connectivity index (χ3n) is 5.83. The average Bonchev–Trinajstić information content (AvgIpc) is 3.25. The molecular formula is C23H38N4O. The quantitative estimate of drug-likeness (QED) is 0.386. The molecule has 0 aromatic heterocycles. The van der Waals surface area contributed by atoms with Gasteiger partial charge >= 0.3 is 0 Å². The highest BCUT2D eigenvalue weighted by molar-refractivity contribution is 5.79. The summed E-state index contributed by atoms with van der Waals surface area (Å²) in [5, 5.41) is 6.79. The molecule has 1 saturated heterocycles. The highest BCUT2D eigenvalue weighted by Crippen LogP contribution is 2.20. The number of aliphatic imine (C=N–C) groups is 1. The third kappa shape index (κ3) is 7.44. The van der Waals surface area contributed by atoms with Gasteiger partial charge in [0.1, 0.15) is 0 Å². The number of piperidine rings is 1. The van der Waals surface area contributed by atoms with Gasteiger partial charge in [-0.15, -0.1) is 0 Å². The predicted octanol–water partition coefficient (Wildman–Crippen LogP) is 3.69. The molecule has 0 bridgehead atoms. The van der Waals surface area contributed by atoms with Crippen LogP contribution < -0.4 is 10.6 Å². The second kappa shape index (κ2) is 12.1. The first-order chi connectivity index (χ1) is 13.8. The number of benzene rings is 1. The summed E-state index contributed by atoms with van der Waals surface area (Å²) in [6, 6.07) is 8.99. The summed E-state index contributed by atoms with van der Waals surface area (Å²) in [5.41, 5.74) is 2.70. The highest BCUT2D eigenvalue weighted by atomic mass is 16.5. The number of nitrogens with one attached hydrogen (secondary N) is 2. The van der Waals surface area contributed by atoms with Crippen molar-refractivity contribution in [2.45, 2.75) is 70.6 Å². The second-order valence-corrected chi connectivity index (χ2v) is 8.14. The van der Waals surface area contributed by atoms with E-state index in [1.807, 2.05) is 7.05 Å². The largest absolute Gasteiger partial charge is 0.378 e. The van der Waals surface area contributed by atoms with Gasteiger partial charge in [-0.3, -0.25) is 9.89 Å². The molecule has 2 N–H and O–H groups in total. The summed E-state index contributed by atoms with van der Waals surface area (Å²) in [4.78, 5) is 6.89. The molecular weight excluding hydrogens is 348 g/mol. The van der Waals surface area contributed by atoms with Gasteiger partial charge in [-0.2, -0.15) is 0 Å².